The highest BCUT2D eigenvalue weighted by Gasteiger charge is 2.40. The van der Waals surface area contributed by atoms with Gasteiger partial charge in [0.1, 0.15) is 5.75 Å². The molecule has 94 valence electrons. The fourth-order valence-corrected chi connectivity index (χ4v) is 2.41. The molecule has 0 spiro atoms. The van der Waals surface area contributed by atoms with Crippen LogP contribution in [0, 0.1) is 0 Å². The fourth-order valence-electron chi connectivity index (χ4n) is 1.95. The average Bonchev–Trinajstić information content (AvgIpc) is 2.16. The zero-order chi connectivity index (χ0) is 12.8. The zero-order valence-electron chi connectivity index (χ0n) is 8.81. The molecule has 0 aromatic heterocycles. The fraction of sp³-hybridized carbons (Fsp3) is 0.455. The van der Waals surface area contributed by atoms with Crippen molar-refractivity contribution >= 4 is 15.9 Å². The minimum absolute atomic E-state index is 0.0269. The van der Waals surface area contributed by atoms with Gasteiger partial charge in [0.05, 0.1) is 10.0 Å². The van der Waals surface area contributed by atoms with E-state index in [0.717, 1.165) is 12.5 Å². The summed E-state index contributed by atoms with van der Waals surface area (Å²) in [6.45, 7) is 0. The summed E-state index contributed by atoms with van der Waals surface area (Å²) in [4.78, 5) is 0. The van der Waals surface area contributed by atoms with Crippen LogP contribution < -0.4 is 5.73 Å². The van der Waals surface area contributed by atoms with Gasteiger partial charge < -0.3 is 10.8 Å². The Bertz CT molecular complexity index is 455. The molecule has 2 nitrogen and oxygen atoms in total. The standard InChI is InChI=1S/C11H11BrF3NO/c12-8-5-6(10(16)2-1-3-10)4-7(9(8)17)11(13,14)15/h4-5,17H,1-3,16H2. The number of hydrogen-bond donors (Lipinski definition) is 2. The van der Waals surface area contributed by atoms with Gasteiger partial charge in [-0.25, -0.2) is 0 Å². The van der Waals surface area contributed by atoms with Crippen molar-refractivity contribution in [2.75, 3.05) is 0 Å². The molecule has 1 aromatic rings. The smallest absolute Gasteiger partial charge is 0.420 e. The largest absolute Gasteiger partial charge is 0.506 e. The normalized spacial score (nSPS) is 18.9. The average molecular weight is 310 g/mol. The molecule has 2 rings (SSSR count). The molecule has 0 aliphatic heterocycles. The molecule has 0 bridgehead atoms. The van der Waals surface area contributed by atoms with Gasteiger partial charge in [-0.05, 0) is 52.9 Å². The summed E-state index contributed by atoms with van der Waals surface area (Å²) < 4.78 is 38.1. The molecule has 17 heavy (non-hydrogen) atoms. The van der Waals surface area contributed by atoms with Gasteiger partial charge in [-0.1, -0.05) is 0 Å². The maximum absolute atomic E-state index is 12.7. The molecule has 0 unspecified atom stereocenters. The molecular weight excluding hydrogens is 299 g/mol. The van der Waals surface area contributed by atoms with E-state index >= 15 is 0 Å². The predicted molar refractivity (Wildman–Crippen MR) is 60.5 cm³/mol. The van der Waals surface area contributed by atoms with Crippen LogP contribution in [0.15, 0.2) is 16.6 Å². The maximum Gasteiger partial charge on any atom is 0.420 e. The molecular formula is C11H11BrF3NO. The molecule has 0 amide bonds. The van der Waals surface area contributed by atoms with Crippen LogP contribution in [0.1, 0.15) is 30.4 Å². The van der Waals surface area contributed by atoms with Gasteiger partial charge in [-0.2, -0.15) is 13.2 Å². The highest BCUT2D eigenvalue weighted by Crippen LogP contribution is 2.45. The molecule has 1 aromatic carbocycles. The Balaban J connectivity index is 2.54. The molecule has 1 saturated carbocycles. The number of rotatable bonds is 1. The molecule has 0 atom stereocenters. The number of phenolic OH excluding ortho intramolecular Hbond substituents is 1. The van der Waals surface area contributed by atoms with Crippen LogP contribution in [0.3, 0.4) is 0 Å². The number of hydrogen-bond acceptors (Lipinski definition) is 2. The van der Waals surface area contributed by atoms with Crippen molar-refractivity contribution in [3.63, 3.8) is 0 Å². The van der Waals surface area contributed by atoms with Gasteiger partial charge in [0.2, 0.25) is 0 Å². The van der Waals surface area contributed by atoms with E-state index in [1.165, 1.54) is 6.07 Å². The quantitative estimate of drug-likeness (QED) is 0.834. The number of nitrogens with two attached hydrogens (primary N) is 1. The lowest BCUT2D eigenvalue weighted by molar-refractivity contribution is -0.138. The lowest BCUT2D eigenvalue weighted by Gasteiger charge is -2.39. The number of aromatic hydroxyl groups is 1. The molecule has 6 heteroatoms. The minimum Gasteiger partial charge on any atom is -0.506 e. The first-order valence-electron chi connectivity index (χ1n) is 5.13. The maximum atomic E-state index is 12.7. The van der Waals surface area contributed by atoms with Crippen molar-refractivity contribution in [1.29, 1.82) is 0 Å². The third-order valence-corrected chi connectivity index (χ3v) is 3.79. The summed E-state index contributed by atoms with van der Waals surface area (Å²) in [7, 11) is 0. The summed E-state index contributed by atoms with van der Waals surface area (Å²) >= 11 is 2.93. The van der Waals surface area contributed by atoms with Crippen LogP contribution in [0.5, 0.6) is 5.75 Å². The molecule has 0 heterocycles. The van der Waals surface area contributed by atoms with Gasteiger partial charge >= 0.3 is 6.18 Å². The Kier molecular flexibility index (Phi) is 2.90. The van der Waals surface area contributed by atoms with Crippen LogP contribution in [-0.4, -0.2) is 5.11 Å². The first-order chi connectivity index (χ1) is 7.74. The topological polar surface area (TPSA) is 46.2 Å². The van der Waals surface area contributed by atoms with Crippen LogP contribution in [0.25, 0.3) is 0 Å². The van der Waals surface area contributed by atoms with E-state index in [2.05, 4.69) is 15.9 Å². The van der Waals surface area contributed by atoms with E-state index in [4.69, 9.17) is 5.73 Å². The second-order valence-electron chi connectivity index (χ2n) is 4.36. The van der Waals surface area contributed by atoms with Gasteiger partial charge in [0.25, 0.3) is 0 Å². The molecule has 0 saturated heterocycles. The Labute approximate surface area is 105 Å². The second-order valence-corrected chi connectivity index (χ2v) is 5.22. The Morgan fingerprint density at radius 3 is 2.29 bits per heavy atom. The van der Waals surface area contributed by atoms with Crippen molar-refractivity contribution in [1.82, 2.24) is 0 Å². The first kappa shape index (κ1) is 12.7. The third kappa shape index (κ3) is 2.15. The van der Waals surface area contributed by atoms with Gasteiger partial charge in [-0.3, -0.25) is 0 Å². The van der Waals surface area contributed by atoms with Crippen molar-refractivity contribution < 1.29 is 18.3 Å². The third-order valence-electron chi connectivity index (χ3n) is 3.19. The minimum atomic E-state index is -4.58. The van der Waals surface area contributed by atoms with Crippen molar-refractivity contribution in [2.24, 2.45) is 5.73 Å². The van der Waals surface area contributed by atoms with E-state index in [-0.39, 0.29) is 4.47 Å². The molecule has 1 fully saturated rings. The number of halogens is 4. The summed E-state index contributed by atoms with van der Waals surface area (Å²) in [5.41, 5.74) is 4.68. The Morgan fingerprint density at radius 1 is 1.29 bits per heavy atom. The number of benzene rings is 1. The summed E-state index contributed by atoms with van der Waals surface area (Å²) in [5, 5.41) is 9.41. The molecule has 1 aliphatic carbocycles. The first-order valence-corrected chi connectivity index (χ1v) is 5.92. The van der Waals surface area contributed by atoms with Crippen molar-refractivity contribution in [3.8, 4) is 5.75 Å². The van der Waals surface area contributed by atoms with Crippen LogP contribution in [0.4, 0.5) is 13.2 Å². The van der Waals surface area contributed by atoms with Crippen LogP contribution >= 0.6 is 15.9 Å². The Morgan fingerprint density at radius 2 is 1.88 bits per heavy atom. The van der Waals surface area contributed by atoms with E-state index in [1.54, 1.807) is 0 Å². The Hall–Kier alpha value is -0.750. The molecule has 0 radical (unpaired) electrons. The van der Waals surface area contributed by atoms with E-state index < -0.39 is 23.0 Å². The lowest BCUT2D eigenvalue weighted by atomic mass is 9.72. The predicted octanol–water partition coefficient (Wildman–Crippen LogP) is 3.51. The van der Waals surface area contributed by atoms with E-state index in [0.29, 0.717) is 18.4 Å². The molecule has 3 N–H and O–H groups in total. The molecule has 1 aliphatic rings. The SMILES string of the molecule is NC1(c2cc(Br)c(O)c(C(F)(F)F)c2)CCC1. The van der Waals surface area contributed by atoms with Crippen molar-refractivity contribution in [3.05, 3.63) is 27.7 Å². The zero-order valence-corrected chi connectivity index (χ0v) is 10.4. The van der Waals surface area contributed by atoms with E-state index in [9.17, 15) is 18.3 Å². The second kappa shape index (κ2) is 3.88. The van der Waals surface area contributed by atoms with E-state index in [1.807, 2.05) is 0 Å². The monoisotopic (exact) mass is 309 g/mol. The van der Waals surface area contributed by atoms with Gasteiger partial charge in [-0.15, -0.1) is 0 Å². The van der Waals surface area contributed by atoms with Gasteiger partial charge in [0, 0.05) is 5.54 Å². The van der Waals surface area contributed by atoms with Crippen molar-refractivity contribution in [2.45, 2.75) is 31.0 Å². The summed E-state index contributed by atoms with van der Waals surface area (Å²) in [5.74, 6) is -0.788. The van der Waals surface area contributed by atoms with Crippen LogP contribution in [0.2, 0.25) is 0 Å². The number of alkyl halides is 3. The lowest BCUT2D eigenvalue weighted by Crippen LogP contribution is -2.43. The summed E-state index contributed by atoms with van der Waals surface area (Å²) in [6, 6.07) is 2.41. The summed E-state index contributed by atoms with van der Waals surface area (Å²) in [6.07, 6.45) is -2.33. The highest BCUT2D eigenvalue weighted by atomic mass is 79.9. The van der Waals surface area contributed by atoms with Crippen LogP contribution in [-0.2, 0) is 11.7 Å². The van der Waals surface area contributed by atoms with Gasteiger partial charge in [0.15, 0.2) is 0 Å². The highest BCUT2D eigenvalue weighted by molar-refractivity contribution is 9.10. The number of phenols is 1.